The number of hydrogen-bond acceptors (Lipinski definition) is 5. The topological polar surface area (TPSA) is 108 Å². The van der Waals surface area contributed by atoms with Crippen molar-refractivity contribution in [3.8, 4) is 0 Å². The molecule has 1 rings (SSSR count). The minimum atomic E-state index is -1.27. The molecule has 0 unspecified atom stereocenters. The monoisotopic (exact) mass is 362 g/mol. The third-order valence-electron chi connectivity index (χ3n) is 3.34. The van der Waals surface area contributed by atoms with Gasteiger partial charge in [0.1, 0.15) is 18.2 Å². The Balaban J connectivity index is 2.85. The summed E-state index contributed by atoms with van der Waals surface area (Å²) in [5.74, 6) is -2.50. The molecule has 0 radical (unpaired) electrons. The van der Waals surface area contributed by atoms with Gasteiger partial charge < -0.3 is 20.5 Å². The van der Waals surface area contributed by atoms with Crippen molar-refractivity contribution in [1.82, 2.24) is 5.32 Å². The summed E-state index contributed by atoms with van der Waals surface area (Å²) in [6.07, 6.45) is 0.710. The van der Waals surface area contributed by atoms with E-state index in [0.29, 0.717) is 0 Å². The van der Waals surface area contributed by atoms with Crippen LogP contribution in [0.1, 0.15) is 32.8 Å². The zero-order valence-corrected chi connectivity index (χ0v) is 15.4. The van der Waals surface area contributed by atoms with E-state index in [4.69, 9.17) is 15.2 Å². The highest BCUT2D eigenvalue weighted by Gasteiger charge is 2.36. The number of allylic oxidation sites excluding steroid dienone is 1. The Bertz CT molecular complexity index is 637. The lowest BCUT2D eigenvalue weighted by atomic mass is 9.95. The molecule has 0 bridgehead atoms. The molecule has 2 amide bonds. The number of nitrogens with one attached hydrogen (secondary N) is 1. The molecule has 0 saturated heterocycles. The average molecular weight is 362 g/mol. The van der Waals surface area contributed by atoms with Crippen LogP contribution in [0.3, 0.4) is 0 Å². The maximum absolute atomic E-state index is 12.5. The minimum absolute atomic E-state index is 0.0242. The van der Waals surface area contributed by atoms with Crippen molar-refractivity contribution >= 4 is 18.0 Å². The fourth-order valence-electron chi connectivity index (χ4n) is 2.18. The van der Waals surface area contributed by atoms with Gasteiger partial charge in [0.15, 0.2) is 0 Å². The van der Waals surface area contributed by atoms with Crippen LogP contribution in [0.15, 0.2) is 43.0 Å². The van der Waals surface area contributed by atoms with Crippen molar-refractivity contribution in [2.24, 2.45) is 11.7 Å². The Morgan fingerprint density at radius 2 is 1.85 bits per heavy atom. The van der Waals surface area contributed by atoms with Gasteiger partial charge in [0.05, 0.1) is 5.92 Å². The van der Waals surface area contributed by atoms with Crippen molar-refractivity contribution in [1.29, 1.82) is 0 Å². The van der Waals surface area contributed by atoms with Gasteiger partial charge in [0.2, 0.25) is 5.91 Å². The van der Waals surface area contributed by atoms with Crippen LogP contribution in [0.4, 0.5) is 4.79 Å². The SMILES string of the molecule is C=CC[C@@H](C(N)=O)[C@H](NC(=O)OCc1ccccc1)C(=O)OC(C)(C)C. The zero-order chi connectivity index (χ0) is 19.7. The highest BCUT2D eigenvalue weighted by atomic mass is 16.6. The van der Waals surface area contributed by atoms with Crippen LogP contribution < -0.4 is 11.1 Å². The van der Waals surface area contributed by atoms with Gasteiger partial charge in [-0.05, 0) is 32.8 Å². The molecule has 0 aliphatic heterocycles. The first-order valence-corrected chi connectivity index (χ1v) is 8.24. The highest BCUT2D eigenvalue weighted by Crippen LogP contribution is 2.16. The van der Waals surface area contributed by atoms with Crippen molar-refractivity contribution in [2.45, 2.75) is 45.4 Å². The van der Waals surface area contributed by atoms with E-state index in [1.54, 1.807) is 32.9 Å². The largest absolute Gasteiger partial charge is 0.458 e. The fraction of sp³-hybridized carbons (Fsp3) is 0.421. The molecular formula is C19H26N2O5. The second-order valence-corrected chi connectivity index (χ2v) is 6.75. The summed E-state index contributed by atoms with van der Waals surface area (Å²) in [6, 6.07) is 7.79. The number of nitrogens with two attached hydrogens (primary N) is 1. The summed E-state index contributed by atoms with van der Waals surface area (Å²) in [5, 5.41) is 2.39. The van der Waals surface area contributed by atoms with Crippen LogP contribution in [-0.4, -0.2) is 29.6 Å². The van der Waals surface area contributed by atoms with E-state index < -0.39 is 35.5 Å². The van der Waals surface area contributed by atoms with E-state index in [9.17, 15) is 14.4 Å². The van der Waals surface area contributed by atoms with Gasteiger partial charge in [-0.25, -0.2) is 9.59 Å². The predicted molar refractivity (Wildman–Crippen MR) is 96.9 cm³/mol. The van der Waals surface area contributed by atoms with Crippen molar-refractivity contribution in [3.63, 3.8) is 0 Å². The van der Waals surface area contributed by atoms with Gasteiger partial charge in [-0.1, -0.05) is 36.4 Å². The number of esters is 1. The molecule has 0 aromatic heterocycles. The summed E-state index contributed by atoms with van der Waals surface area (Å²) in [5.41, 5.74) is 5.38. The summed E-state index contributed by atoms with van der Waals surface area (Å²) >= 11 is 0. The molecule has 0 saturated carbocycles. The number of benzene rings is 1. The lowest BCUT2D eigenvalue weighted by Gasteiger charge is -2.27. The van der Waals surface area contributed by atoms with Crippen LogP contribution in [0, 0.1) is 5.92 Å². The maximum atomic E-state index is 12.5. The Morgan fingerprint density at radius 3 is 2.35 bits per heavy atom. The van der Waals surface area contributed by atoms with E-state index in [1.165, 1.54) is 6.08 Å². The number of hydrogen-bond donors (Lipinski definition) is 2. The quantitative estimate of drug-likeness (QED) is 0.545. The first-order valence-electron chi connectivity index (χ1n) is 8.24. The van der Waals surface area contributed by atoms with Gasteiger partial charge in [-0.3, -0.25) is 4.79 Å². The predicted octanol–water partition coefficient (Wildman–Crippen LogP) is 2.30. The maximum Gasteiger partial charge on any atom is 0.408 e. The molecule has 1 aromatic rings. The smallest absolute Gasteiger partial charge is 0.408 e. The molecule has 0 aliphatic carbocycles. The van der Waals surface area contributed by atoms with Crippen molar-refractivity contribution < 1.29 is 23.9 Å². The van der Waals surface area contributed by atoms with Crippen LogP contribution >= 0.6 is 0 Å². The Morgan fingerprint density at radius 1 is 1.23 bits per heavy atom. The van der Waals surface area contributed by atoms with Crippen molar-refractivity contribution in [3.05, 3.63) is 48.6 Å². The minimum Gasteiger partial charge on any atom is -0.458 e. The molecule has 7 heteroatoms. The number of amides is 2. The first kappa shape index (κ1) is 21.2. The summed E-state index contributed by atoms with van der Waals surface area (Å²) in [4.78, 5) is 36.3. The second kappa shape index (κ2) is 9.60. The number of carbonyl (C=O) groups excluding carboxylic acids is 3. The van der Waals surface area contributed by atoms with Gasteiger partial charge in [-0.2, -0.15) is 0 Å². The molecule has 0 spiro atoms. The molecule has 7 nitrogen and oxygen atoms in total. The molecule has 1 aromatic carbocycles. The lowest BCUT2D eigenvalue weighted by Crippen LogP contribution is -2.52. The highest BCUT2D eigenvalue weighted by molar-refractivity contribution is 5.89. The molecule has 0 aliphatic rings. The lowest BCUT2D eigenvalue weighted by molar-refractivity contribution is -0.160. The van der Waals surface area contributed by atoms with Gasteiger partial charge in [0, 0.05) is 0 Å². The Labute approximate surface area is 153 Å². The number of carbonyl (C=O) groups is 3. The third-order valence-corrected chi connectivity index (χ3v) is 3.34. The van der Waals surface area contributed by atoms with Crippen LogP contribution in [-0.2, 0) is 25.7 Å². The second-order valence-electron chi connectivity index (χ2n) is 6.75. The molecule has 2 atom stereocenters. The van der Waals surface area contributed by atoms with Gasteiger partial charge in [0.25, 0.3) is 0 Å². The van der Waals surface area contributed by atoms with Gasteiger partial charge >= 0.3 is 12.1 Å². The normalized spacial score (nSPS) is 13.2. The molecule has 0 fully saturated rings. The summed E-state index contributed by atoms with van der Waals surface area (Å²) in [7, 11) is 0. The Hall–Kier alpha value is -2.83. The van der Waals surface area contributed by atoms with E-state index in [-0.39, 0.29) is 13.0 Å². The van der Waals surface area contributed by atoms with Crippen LogP contribution in [0.25, 0.3) is 0 Å². The first-order chi connectivity index (χ1) is 12.1. The average Bonchev–Trinajstić information content (AvgIpc) is 2.55. The van der Waals surface area contributed by atoms with E-state index in [0.717, 1.165) is 5.56 Å². The number of rotatable bonds is 8. The Kier molecular flexibility index (Phi) is 7.83. The van der Waals surface area contributed by atoms with E-state index >= 15 is 0 Å². The molecule has 3 N–H and O–H groups in total. The molecule has 142 valence electrons. The number of alkyl carbamates (subject to hydrolysis) is 1. The van der Waals surface area contributed by atoms with E-state index in [1.807, 2.05) is 18.2 Å². The summed E-state index contributed by atoms with van der Waals surface area (Å²) < 4.78 is 10.4. The number of ether oxygens (including phenoxy) is 2. The standard InChI is InChI=1S/C19H26N2O5/c1-5-9-14(16(20)22)15(17(23)26-19(2,3)4)21-18(24)25-12-13-10-7-6-8-11-13/h5-8,10-11,14-15H,1,9,12H2,2-4H3,(H2,20,22)(H,21,24)/t14-,15+/m1/s1. The third kappa shape index (κ3) is 7.38. The molecule has 0 heterocycles. The van der Waals surface area contributed by atoms with E-state index in [2.05, 4.69) is 11.9 Å². The summed E-state index contributed by atoms with van der Waals surface area (Å²) in [6.45, 7) is 8.62. The zero-order valence-electron chi connectivity index (χ0n) is 15.4. The molecular weight excluding hydrogens is 336 g/mol. The fourth-order valence-corrected chi connectivity index (χ4v) is 2.18. The number of primary amides is 1. The van der Waals surface area contributed by atoms with Gasteiger partial charge in [-0.15, -0.1) is 6.58 Å². The van der Waals surface area contributed by atoms with Crippen molar-refractivity contribution in [2.75, 3.05) is 0 Å². The van der Waals surface area contributed by atoms with Crippen LogP contribution in [0.5, 0.6) is 0 Å². The van der Waals surface area contributed by atoms with Crippen LogP contribution in [0.2, 0.25) is 0 Å². The molecule has 26 heavy (non-hydrogen) atoms.